The number of pyridine rings is 1. The monoisotopic (exact) mass is 323 g/mol. The number of carbonyl (C=O) groups excluding carboxylic acids is 2. The number of rotatable bonds is 5. The van der Waals surface area contributed by atoms with E-state index in [2.05, 4.69) is 10.3 Å². The van der Waals surface area contributed by atoms with E-state index in [9.17, 15) is 9.59 Å². The largest absolute Gasteiger partial charge is 0.326 e. The van der Waals surface area contributed by atoms with E-state index in [4.69, 9.17) is 0 Å². The molecule has 1 aromatic carbocycles. The number of anilines is 2. The van der Waals surface area contributed by atoms with Gasteiger partial charge >= 0.3 is 0 Å². The average Bonchev–Trinajstić information content (AvgIpc) is 2.99. The molecule has 24 heavy (non-hydrogen) atoms. The maximum absolute atomic E-state index is 12.1. The lowest BCUT2D eigenvalue weighted by atomic mass is 10.1. The van der Waals surface area contributed by atoms with Crippen molar-refractivity contribution in [2.24, 2.45) is 0 Å². The van der Waals surface area contributed by atoms with Gasteiger partial charge in [0.2, 0.25) is 11.8 Å². The molecule has 1 aliphatic rings. The van der Waals surface area contributed by atoms with Crippen molar-refractivity contribution in [2.75, 3.05) is 16.8 Å². The molecular weight excluding hydrogens is 302 g/mol. The molecule has 5 heteroatoms. The fourth-order valence-electron chi connectivity index (χ4n) is 3.01. The molecule has 1 aromatic heterocycles. The van der Waals surface area contributed by atoms with E-state index in [1.165, 1.54) is 0 Å². The highest BCUT2D eigenvalue weighted by Crippen LogP contribution is 2.30. The van der Waals surface area contributed by atoms with Crippen LogP contribution in [0.1, 0.15) is 30.9 Å². The second-order valence-corrected chi connectivity index (χ2v) is 6.03. The Hall–Kier alpha value is -2.69. The molecule has 2 heterocycles. The van der Waals surface area contributed by atoms with Gasteiger partial charge in [-0.1, -0.05) is 12.1 Å². The van der Waals surface area contributed by atoms with Crippen molar-refractivity contribution in [2.45, 2.75) is 32.6 Å². The van der Waals surface area contributed by atoms with Gasteiger partial charge in [-0.25, -0.2) is 0 Å². The Balaban J connectivity index is 1.55. The lowest BCUT2D eigenvalue weighted by Gasteiger charge is -2.15. The molecule has 124 valence electrons. The number of nitrogens with zero attached hydrogens (tertiary/aromatic N) is 2. The first-order valence-corrected chi connectivity index (χ1v) is 8.23. The molecule has 1 N–H and O–H groups in total. The van der Waals surface area contributed by atoms with Crippen LogP contribution in [0.25, 0.3) is 0 Å². The van der Waals surface area contributed by atoms with Gasteiger partial charge in [0.1, 0.15) is 0 Å². The molecule has 0 saturated heterocycles. The summed E-state index contributed by atoms with van der Waals surface area (Å²) in [5.74, 6) is 0.0277. The van der Waals surface area contributed by atoms with Gasteiger partial charge < -0.3 is 10.2 Å². The van der Waals surface area contributed by atoms with Gasteiger partial charge in [0.25, 0.3) is 0 Å². The molecule has 0 spiro atoms. The fourth-order valence-corrected chi connectivity index (χ4v) is 3.01. The zero-order valence-electron chi connectivity index (χ0n) is 13.8. The first kappa shape index (κ1) is 16.2. The van der Waals surface area contributed by atoms with Crippen molar-refractivity contribution in [1.29, 1.82) is 0 Å². The number of hydrogen-bond acceptors (Lipinski definition) is 3. The quantitative estimate of drug-likeness (QED) is 0.920. The molecule has 0 aliphatic carbocycles. The Morgan fingerprint density at radius 2 is 2.17 bits per heavy atom. The second kappa shape index (κ2) is 7.25. The molecule has 3 rings (SSSR count). The summed E-state index contributed by atoms with van der Waals surface area (Å²) in [4.78, 5) is 29.6. The molecule has 0 bridgehead atoms. The standard InChI is InChI=1S/C19H21N3O2/c1-14(23)22-11-9-16-7-8-17(12-18(16)22)21-19(24)6-2-4-15-5-3-10-20-13-15/h3,5,7-8,10,12-13H,2,4,6,9,11H2,1H3,(H,21,24). The zero-order valence-corrected chi connectivity index (χ0v) is 13.8. The summed E-state index contributed by atoms with van der Waals surface area (Å²) in [7, 11) is 0. The molecule has 1 aliphatic heterocycles. The third-order valence-corrected chi connectivity index (χ3v) is 4.24. The van der Waals surface area contributed by atoms with Crippen molar-refractivity contribution in [3.05, 3.63) is 53.9 Å². The van der Waals surface area contributed by atoms with Crippen molar-refractivity contribution >= 4 is 23.2 Å². The second-order valence-electron chi connectivity index (χ2n) is 6.03. The fraction of sp³-hybridized carbons (Fsp3) is 0.316. The summed E-state index contributed by atoms with van der Waals surface area (Å²) < 4.78 is 0. The van der Waals surface area contributed by atoms with Gasteiger partial charge in [-0.3, -0.25) is 14.6 Å². The maximum Gasteiger partial charge on any atom is 0.224 e. The number of carbonyl (C=O) groups is 2. The lowest BCUT2D eigenvalue weighted by molar-refractivity contribution is -0.117. The molecule has 0 atom stereocenters. The summed E-state index contributed by atoms with van der Waals surface area (Å²) in [6, 6.07) is 9.70. The number of hydrogen-bond donors (Lipinski definition) is 1. The van der Waals surface area contributed by atoms with Gasteiger partial charge in [0.15, 0.2) is 0 Å². The molecule has 0 saturated carbocycles. The molecule has 0 radical (unpaired) electrons. The van der Waals surface area contributed by atoms with E-state index < -0.39 is 0 Å². The summed E-state index contributed by atoms with van der Waals surface area (Å²) >= 11 is 0. The third-order valence-electron chi connectivity index (χ3n) is 4.24. The SMILES string of the molecule is CC(=O)N1CCc2ccc(NC(=O)CCCc3cccnc3)cc21. The van der Waals surface area contributed by atoms with Gasteiger partial charge in [-0.05, 0) is 48.6 Å². The highest BCUT2D eigenvalue weighted by molar-refractivity contribution is 5.96. The Bertz CT molecular complexity index is 744. The number of fused-ring (bicyclic) bond motifs is 1. The first-order chi connectivity index (χ1) is 11.6. The van der Waals surface area contributed by atoms with Gasteiger partial charge in [0, 0.05) is 43.7 Å². The number of nitrogens with one attached hydrogen (secondary N) is 1. The van der Waals surface area contributed by atoms with Crippen LogP contribution >= 0.6 is 0 Å². The average molecular weight is 323 g/mol. The van der Waals surface area contributed by atoms with E-state index >= 15 is 0 Å². The Kier molecular flexibility index (Phi) is 4.89. The summed E-state index contributed by atoms with van der Waals surface area (Å²) in [6.45, 7) is 2.28. The summed E-state index contributed by atoms with van der Waals surface area (Å²) in [5, 5.41) is 2.92. The predicted molar refractivity (Wildman–Crippen MR) is 94.0 cm³/mol. The molecule has 2 aromatic rings. The topological polar surface area (TPSA) is 62.3 Å². The molecule has 5 nitrogen and oxygen atoms in total. The Morgan fingerprint density at radius 1 is 1.29 bits per heavy atom. The van der Waals surface area contributed by atoms with Crippen molar-refractivity contribution < 1.29 is 9.59 Å². The van der Waals surface area contributed by atoms with Crippen LogP contribution in [0.5, 0.6) is 0 Å². The Morgan fingerprint density at radius 3 is 2.92 bits per heavy atom. The minimum atomic E-state index is -0.00814. The normalized spacial score (nSPS) is 12.8. The van der Waals surface area contributed by atoms with Crippen LogP contribution in [0.15, 0.2) is 42.7 Å². The van der Waals surface area contributed by atoms with Crippen molar-refractivity contribution in [3.63, 3.8) is 0 Å². The van der Waals surface area contributed by atoms with E-state index in [1.54, 1.807) is 18.0 Å². The minimum Gasteiger partial charge on any atom is -0.326 e. The molecule has 0 fully saturated rings. The zero-order chi connectivity index (χ0) is 16.9. The van der Waals surface area contributed by atoms with E-state index in [-0.39, 0.29) is 11.8 Å². The van der Waals surface area contributed by atoms with Crippen LogP contribution < -0.4 is 10.2 Å². The molecular formula is C19H21N3O2. The number of aryl methyl sites for hydroxylation is 1. The molecule has 0 unspecified atom stereocenters. The molecule has 2 amide bonds. The maximum atomic E-state index is 12.1. The van der Waals surface area contributed by atoms with E-state index in [0.29, 0.717) is 13.0 Å². The predicted octanol–water partition coefficient (Wildman–Crippen LogP) is 2.95. The summed E-state index contributed by atoms with van der Waals surface area (Å²) in [5.41, 5.74) is 3.95. The van der Waals surface area contributed by atoms with Crippen LogP contribution in [0, 0.1) is 0 Å². The third kappa shape index (κ3) is 3.79. The highest BCUT2D eigenvalue weighted by Gasteiger charge is 2.22. The van der Waals surface area contributed by atoms with Gasteiger partial charge in [-0.15, -0.1) is 0 Å². The summed E-state index contributed by atoms with van der Waals surface area (Å²) in [6.07, 6.45) is 6.52. The van der Waals surface area contributed by atoms with Crippen LogP contribution in [0.4, 0.5) is 11.4 Å². The van der Waals surface area contributed by atoms with Crippen LogP contribution in [-0.2, 0) is 22.4 Å². The van der Waals surface area contributed by atoms with E-state index in [0.717, 1.165) is 41.8 Å². The number of benzene rings is 1. The van der Waals surface area contributed by atoms with Gasteiger partial charge in [0.05, 0.1) is 0 Å². The van der Waals surface area contributed by atoms with Crippen molar-refractivity contribution in [1.82, 2.24) is 4.98 Å². The minimum absolute atomic E-state index is 0.00814. The Labute approximate surface area is 141 Å². The first-order valence-electron chi connectivity index (χ1n) is 8.23. The van der Waals surface area contributed by atoms with Crippen LogP contribution in [-0.4, -0.2) is 23.3 Å². The van der Waals surface area contributed by atoms with Crippen molar-refractivity contribution in [3.8, 4) is 0 Å². The number of amides is 2. The van der Waals surface area contributed by atoms with Crippen LogP contribution in [0.3, 0.4) is 0 Å². The van der Waals surface area contributed by atoms with Crippen LogP contribution in [0.2, 0.25) is 0 Å². The number of aromatic nitrogens is 1. The lowest BCUT2D eigenvalue weighted by Crippen LogP contribution is -2.25. The smallest absolute Gasteiger partial charge is 0.224 e. The highest BCUT2D eigenvalue weighted by atomic mass is 16.2. The van der Waals surface area contributed by atoms with E-state index in [1.807, 2.05) is 36.5 Å². The van der Waals surface area contributed by atoms with Gasteiger partial charge in [-0.2, -0.15) is 0 Å².